The van der Waals surface area contributed by atoms with Crippen molar-refractivity contribution in [3.63, 3.8) is 0 Å². The number of furan rings is 1. The number of hydrogen-bond donors (Lipinski definition) is 0. The highest BCUT2D eigenvalue weighted by atomic mass is 32.2. The number of Topliss-reactive ketones (excluding diaryl/α,β-unsaturated/α-hetero) is 1. The minimum atomic E-state index is 0.141. The topological polar surface area (TPSA) is 64.2 Å². The molecule has 0 spiro atoms. The number of fused-ring (bicyclic) bond motifs is 1. The summed E-state index contributed by atoms with van der Waals surface area (Å²) in [4.78, 5) is 15.1. The molecule has 0 saturated carbocycles. The first-order valence-corrected chi connectivity index (χ1v) is 11.7. The van der Waals surface area contributed by atoms with E-state index in [1.165, 1.54) is 48.6 Å². The molecule has 6 nitrogen and oxygen atoms in total. The molecule has 3 heterocycles. The van der Waals surface area contributed by atoms with Gasteiger partial charge in [0.05, 0.1) is 18.6 Å². The second kappa shape index (κ2) is 8.68. The van der Waals surface area contributed by atoms with Crippen molar-refractivity contribution < 1.29 is 9.21 Å². The predicted molar refractivity (Wildman–Crippen MR) is 117 cm³/mol. The number of piperidine rings is 1. The number of carbonyl (C=O) groups is 1. The number of thioether (sulfide) groups is 1. The van der Waals surface area contributed by atoms with Crippen LogP contribution in [0.2, 0.25) is 0 Å². The summed E-state index contributed by atoms with van der Waals surface area (Å²) in [6.45, 7) is 2.56. The molecule has 3 aromatic rings. The first kappa shape index (κ1) is 19.4. The van der Waals surface area contributed by atoms with Crippen LogP contribution in [0.3, 0.4) is 0 Å². The molecular weight excluding hydrogens is 396 g/mol. The molecule has 0 amide bonds. The Morgan fingerprint density at radius 3 is 2.73 bits per heavy atom. The Bertz CT molecular complexity index is 1020. The lowest BCUT2D eigenvalue weighted by Crippen LogP contribution is -2.32. The van der Waals surface area contributed by atoms with Gasteiger partial charge in [-0.2, -0.15) is 0 Å². The fourth-order valence-electron chi connectivity index (χ4n) is 4.37. The Morgan fingerprint density at radius 2 is 1.90 bits per heavy atom. The Labute approximate surface area is 180 Å². The molecule has 156 valence electrons. The molecule has 0 N–H and O–H groups in total. The van der Waals surface area contributed by atoms with Gasteiger partial charge in [-0.15, -0.1) is 10.2 Å². The fourth-order valence-corrected chi connectivity index (χ4v) is 5.20. The van der Waals surface area contributed by atoms with Gasteiger partial charge in [-0.25, -0.2) is 0 Å². The zero-order chi connectivity index (χ0) is 20.3. The maximum atomic E-state index is 12.8. The van der Waals surface area contributed by atoms with Crippen LogP contribution in [0.4, 0.5) is 5.95 Å². The predicted octanol–water partition coefficient (Wildman–Crippen LogP) is 4.37. The van der Waals surface area contributed by atoms with Crippen LogP contribution in [0.1, 0.15) is 52.9 Å². The zero-order valence-corrected chi connectivity index (χ0v) is 17.9. The van der Waals surface area contributed by atoms with Crippen molar-refractivity contribution in [3.8, 4) is 0 Å². The molecule has 1 saturated heterocycles. The molecule has 0 bridgehead atoms. The van der Waals surface area contributed by atoms with Gasteiger partial charge in [-0.05, 0) is 67.9 Å². The maximum absolute atomic E-state index is 12.8. The largest absolute Gasteiger partial charge is 0.467 e. The Hall–Kier alpha value is -2.54. The molecule has 2 aromatic heterocycles. The van der Waals surface area contributed by atoms with Gasteiger partial charge in [0, 0.05) is 18.7 Å². The highest BCUT2D eigenvalue weighted by Crippen LogP contribution is 2.27. The van der Waals surface area contributed by atoms with E-state index in [2.05, 4.69) is 31.8 Å². The van der Waals surface area contributed by atoms with E-state index >= 15 is 0 Å². The normalized spacial score (nSPS) is 16.1. The van der Waals surface area contributed by atoms with Gasteiger partial charge in [0.1, 0.15) is 5.76 Å². The summed E-state index contributed by atoms with van der Waals surface area (Å²) in [7, 11) is 0. The molecule has 5 rings (SSSR count). The fraction of sp³-hybridized carbons (Fsp3) is 0.435. The van der Waals surface area contributed by atoms with E-state index in [0.29, 0.717) is 12.3 Å². The van der Waals surface area contributed by atoms with Crippen LogP contribution in [0.5, 0.6) is 0 Å². The van der Waals surface area contributed by atoms with E-state index < -0.39 is 0 Å². The van der Waals surface area contributed by atoms with Gasteiger partial charge in [0.15, 0.2) is 10.9 Å². The molecule has 30 heavy (non-hydrogen) atoms. The van der Waals surface area contributed by atoms with E-state index in [1.54, 1.807) is 6.26 Å². The van der Waals surface area contributed by atoms with Gasteiger partial charge in [0.2, 0.25) is 5.95 Å². The Morgan fingerprint density at radius 1 is 1.03 bits per heavy atom. The van der Waals surface area contributed by atoms with Gasteiger partial charge in [0.25, 0.3) is 0 Å². The van der Waals surface area contributed by atoms with Crippen molar-refractivity contribution >= 4 is 23.5 Å². The summed E-state index contributed by atoms with van der Waals surface area (Å²) >= 11 is 1.46. The first-order chi connectivity index (χ1) is 14.8. The molecule has 1 aliphatic carbocycles. The number of aromatic nitrogens is 3. The summed E-state index contributed by atoms with van der Waals surface area (Å²) in [6.07, 6.45) is 8.70. The van der Waals surface area contributed by atoms with Gasteiger partial charge in [-0.3, -0.25) is 9.36 Å². The van der Waals surface area contributed by atoms with E-state index in [9.17, 15) is 4.79 Å². The van der Waals surface area contributed by atoms with Gasteiger partial charge in [-0.1, -0.05) is 23.9 Å². The number of rotatable bonds is 7. The summed E-state index contributed by atoms with van der Waals surface area (Å²) < 4.78 is 7.66. The molecule has 2 aliphatic rings. The number of anilines is 1. The molecule has 0 unspecified atom stereocenters. The number of hydrogen-bond acceptors (Lipinski definition) is 6. The average molecular weight is 423 g/mol. The lowest BCUT2D eigenvalue weighted by atomic mass is 10.0. The van der Waals surface area contributed by atoms with Crippen LogP contribution in [0.25, 0.3) is 0 Å². The van der Waals surface area contributed by atoms with Crippen molar-refractivity contribution in [1.29, 1.82) is 0 Å². The van der Waals surface area contributed by atoms with Crippen LogP contribution in [0, 0.1) is 0 Å². The minimum absolute atomic E-state index is 0.141. The van der Waals surface area contributed by atoms with E-state index in [0.717, 1.165) is 48.4 Å². The Balaban J connectivity index is 1.34. The third-order valence-electron chi connectivity index (χ3n) is 5.98. The van der Waals surface area contributed by atoms with Crippen molar-refractivity contribution in [2.75, 3.05) is 23.7 Å². The van der Waals surface area contributed by atoms with Gasteiger partial charge < -0.3 is 9.32 Å². The van der Waals surface area contributed by atoms with E-state index in [1.807, 2.05) is 18.2 Å². The second-order valence-corrected chi connectivity index (χ2v) is 8.99. The zero-order valence-electron chi connectivity index (χ0n) is 17.0. The third kappa shape index (κ3) is 4.03. The minimum Gasteiger partial charge on any atom is -0.467 e. The molecule has 0 radical (unpaired) electrons. The summed E-state index contributed by atoms with van der Waals surface area (Å²) in [6, 6.07) is 10.0. The molecule has 0 atom stereocenters. The van der Waals surface area contributed by atoms with Crippen molar-refractivity contribution in [2.24, 2.45) is 0 Å². The monoisotopic (exact) mass is 422 g/mol. The highest BCUT2D eigenvalue weighted by Gasteiger charge is 2.22. The number of carbonyl (C=O) groups excluding carboxylic acids is 1. The number of nitrogens with zero attached hydrogens (tertiary/aromatic N) is 4. The molecule has 7 heteroatoms. The van der Waals surface area contributed by atoms with Crippen LogP contribution in [-0.4, -0.2) is 39.4 Å². The number of aryl methyl sites for hydroxylation is 2. The smallest absolute Gasteiger partial charge is 0.228 e. The number of ketones is 1. The van der Waals surface area contributed by atoms with E-state index in [-0.39, 0.29) is 5.78 Å². The standard InChI is InChI=1S/C23H26N4O2S/c28-21(19-10-9-17-6-4-7-18(17)14-19)16-30-23-25-24-22(26-11-2-1-3-12-26)27(23)15-20-8-5-13-29-20/h5,8-10,13-14H,1-4,6-7,11-12,15-16H2. The summed E-state index contributed by atoms with van der Waals surface area (Å²) in [5.74, 6) is 2.23. The van der Waals surface area contributed by atoms with E-state index in [4.69, 9.17) is 4.42 Å². The van der Waals surface area contributed by atoms with Gasteiger partial charge >= 0.3 is 0 Å². The maximum Gasteiger partial charge on any atom is 0.228 e. The van der Waals surface area contributed by atoms with Crippen molar-refractivity contribution in [1.82, 2.24) is 14.8 Å². The number of benzene rings is 1. The quantitative estimate of drug-likeness (QED) is 0.416. The molecule has 1 aromatic carbocycles. The lowest BCUT2D eigenvalue weighted by molar-refractivity contribution is 0.102. The SMILES string of the molecule is O=C(CSc1nnc(N2CCCCC2)n1Cc1ccco1)c1ccc2c(c1)CCC2. The molecule has 1 aliphatic heterocycles. The van der Waals surface area contributed by atoms with Crippen LogP contribution in [0.15, 0.2) is 46.2 Å². The van der Waals surface area contributed by atoms with Crippen molar-refractivity contribution in [3.05, 3.63) is 59.0 Å². The molecule has 1 fully saturated rings. The van der Waals surface area contributed by atoms with Crippen LogP contribution >= 0.6 is 11.8 Å². The highest BCUT2D eigenvalue weighted by molar-refractivity contribution is 7.99. The first-order valence-electron chi connectivity index (χ1n) is 10.8. The molecular formula is C23H26N4O2S. The van der Waals surface area contributed by atoms with Crippen LogP contribution in [-0.2, 0) is 19.4 Å². The second-order valence-electron chi connectivity index (χ2n) is 8.04. The summed E-state index contributed by atoms with van der Waals surface area (Å²) in [5, 5.41) is 9.68. The summed E-state index contributed by atoms with van der Waals surface area (Å²) in [5.41, 5.74) is 3.53. The lowest BCUT2D eigenvalue weighted by Gasteiger charge is -2.27. The average Bonchev–Trinajstić information content (AvgIpc) is 3.54. The third-order valence-corrected chi connectivity index (χ3v) is 6.95. The van der Waals surface area contributed by atoms with Crippen LogP contribution < -0.4 is 4.90 Å². The van der Waals surface area contributed by atoms with Crippen molar-refractivity contribution in [2.45, 2.75) is 50.2 Å². The Kier molecular flexibility index (Phi) is 5.62.